The Hall–Kier alpha value is -0.620. The van der Waals surface area contributed by atoms with Gasteiger partial charge in [-0.15, -0.1) is 0 Å². The fourth-order valence-electron chi connectivity index (χ4n) is 2.32. The number of carbonyl (C=O) groups excluding carboxylic acids is 1. The van der Waals surface area contributed by atoms with Crippen LogP contribution in [0.15, 0.2) is 0 Å². The first-order valence-electron chi connectivity index (χ1n) is 6.60. The van der Waals surface area contributed by atoms with Gasteiger partial charge in [0.2, 0.25) is 15.9 Å². The summed E-state index contributed by atoms with van der Waals surface area (Å²) in [5.41, 5.74) is 0. The third-order valence-corrected chi connectivity index (χ3v) is 4.71. The van der Waals surface area contributed by atoms with Gasteiger partial charge in [0.15, 0.2) is 0 Å². The lowest BCUT2D eigenvalue weighted by molar-refractivity contribution is -0.126. The van der Waals surface area contributed by atoms with E-state index in [9.17, 15) is 13.2 Å². The molecule has 5 nitrogen and oxygen atoms in total. The van der Waals surface area contributed by atoms with E-state index in [1.54, 1.807) is 0 Å². The summed E-state index contributed by atoms with van der Waals surface area (Å²) in [5.74, 6) is 0.0337. The van der Waals surface area contributed by atoms with E-state index < -0.39 is 10.0 Å². The Bertz CT molecular complexity index is 373. The maximum Gasteiger partial charge on any atom is 0.223 e. The van der Waals surface area contributed by atoms with Gasteiger partial charge in [-0.1, -0.05) is 13.3 Å². The molecular formula is C12H24N2O3S. The number of hydrogen-bond acceptors (Lipinski definition) is 3. The zero-order chi connectivity index (χ0) is 13.8. The number of piperidine rings is 1. The van der Waals surface area contributed by atoms with Crippen LogP contribution in [0.1, 0.15) is 39.5 Å². The number of nitrogens with zero attached hydrogens (tertiary/aromatic N) is 1. The molecule has 1 saturated heterocycles. The molecule has 1 atom stereocenters. The Kier molecular flexibility index (Phi) is 5.59. The second-order valence-corrected chi connectivity index (χ2v) is 7.12. The second-order valence-electron chi connectivity index (χ2n) is 5.13. The minimum Gasteiger partial charge on any atom is -0.353 e. The molecule has 18 heavy (non-hydrogen) atoms. The van der Waals surface area contributed by atoms with Crippen molar-refractivity contribution >= 4 is 15.9 Å². The molecule has 1 aliphatic heterocycles. The summed E-state index contributed by atoms with van der Waals surface area (Å²) in [4.78, 5) is 12.0. The molecule has 0 spiro atoms. The highest BCUT2D eigenvalue weighted by Gasteiger charge is 2.29. The lowest BCUT2D eigenvalue weighted by atomic mass is 9.96. The normalized spacial score (nSPS) is 20.6. The third-order valence-electron chi connectivity index (χ3n) is 3.40. The number of hydrogen-bond donors (Lipinski definition) is 1. The zero-order valence-electron chi connectivity index (χ0n) is 11.5. The Morgan fingerprint density at radius 3 is 2.39 bits per heavy atom. The van der Waals surface area contributed by atoms with E-state index >= 15 is 0 Å². The number of carbonyl (C=O) groups is 1. The summed E-state index contributed by atoms with van der Waals surface area (Å²) >= 11 is 0. The maximum atomic E-state index is 12.0. The molecule has 0 bridgehead atoms. The van der Waals surface area contributed by atoms with E-state index in [-0.39, 0.29) is 17.9 Å². The molecule has 106 valence electrons. The summed E-state index contributed by atoms with van der Waals surface area (Å²) in [6.45, 7) is 5.01. The van der Waals surface area contributed by atoms with Crippen molar-refractivity contribution in [3.05, 3.63) is 0 Å². The molecule has 0 radical (unpaired) electrons. The van der Waals surface area contributed by atoms with Gasteiger partial charge in [-0.05, 0) is 26.2 Å². The molecule has 0 aliphatic carbocycles. The third kappa shape index (κ3) is 4.57. The van der Waals surface area contributed by atoms with E-state index in [1.165, 1.54) is 10.6 Å². The minimum atomic E-state index is -3.11. The Morgan fingerprint density at radius 2 is 1.94 bits per heavy atom. The predicted molar refractivity (Wildman–Crippen MR) is 71.7 cm³/mol. The van der Waals surface area contributed by atoms with Crippen LogP contribution in [0.25, 0.3) is 0 Å². The van der Waals surface area contributed by atoms with Gasteiger partial charge in [0.1, 0.15) is 0 Å². The van der Waals surface area contributed by atoms with Crippen LogP contribution in [-0.4, -0.2) is 44.0 Å². The van der Waals surface area contributed by atoms with E-state index in [0.29, 0.717) is 25.9 Å². The molecule has 1 N–H and O–H groups in total. The van der Waals surface area contributed by atoms with Crippen LogP contribution in [0.3, 0.4) is 0 Å². The Balaban J connectivity index is 2.41. The van der Waals surface area contributed by atoms with Gasteiger partial charge in [0.25, 0.3) is 0 Å². The van der Waals surface area contributed by atoms with Crippen LogP contribution < -0.4 is 5.32 Å². The summed E-state index contributed by atoms with van der Waals surface area (Å²) < 4.78 is 24.2. The van der Waals surface area contributed by atoms with Crippen LogP contribution in [0.4, 0.5) is 0 Å². The van der Waals surface area contributed by atoms with Gasteiger partial charge in [-0.3, -0.25) is 4.79 Å². The molecule has 1 amide bonds. The van der Waals surface area contributed by atoms with E-state index in [2.05, 4.69) is 12.2 Å². The molecule has 0 unspecified atom stereocenters. The highest BCUT2D eigenvalue weighted by Crippen LogP contribution is 2.19. The molecular weight excluding hydrogens is 252 g/mol. The SMILES string of the molecule is CCC[C@H](C)NC(=O)C1CCN(S(C)(=O)=O)CC1. The lowest BCUT2D eigenvalue weighted by Gasteiger charge is -2.30. The van der Waals surface area contributed by atoms with Gasteiger partial charge < -0.3 is 5.32 Å². The van der Waals surface area contributed by atoms with Gasteiger partial charge in [0, 0.05) is 25.0 Å². The first-order chi connectivity index (χ1) is 8.34. The second kappa shape index (κ2) is 6.52. The van der Waals surface area contributed by atoms with Crippen molar-refractivity contribution in [1.82, 2.24) is 9.62 Å². The summed E-state index contributed by atoms with van der Waals surface area (Å²) in [7, 11) is -3.11. The van der Waals surface area contributed by atoms with Crippen molar-refractivity contribution in [2.45, 2.75) is 45.6 Å². The zero-order valence-corrected chi connectivity index (χ0v) is 12.3. The van der Waals surface area contributed by atoms with Gasteiger partial charge in [-0.25, -0.2) is 12.7 Å². The van der Waals surface area contributed by atoms with E-state index in [1.807, 2.05) is 6.92 Å². The molecule has 0 saturated carbocycles. The smallest absolute Gasteiger partial charge is 0.223 e. The molecule has 0 aromatic carbocycles. The summed E-state index contributed by atoms with van der Waals surface area (Å²) in [6.07, 6.45) is 4.49. The van der Waals surface area contributed by atoms with Gasteiger partial charge >= 0.3 is 0 Å². The molecule has 0 aromatic rings. The molecule has 1 fully saturated rings. The average Bonchev–Trinajstić information content (AvgIpc) is 2.28. The van der Waals surface area contributed by atoms with Crippen molar-refractivity contribution in [3.8, 4) is 0 Å². The Labute approximate surface area is 110 Å². The van der Waals surface area contributed by atoms with Crippen molar-refractivity contribution in [2.75, 3.05) is 19.3 Å². The molecule has 0 aromatic heterocycles. The quantitative estimate of drug-likeness (QED) is 0.813. The lowest BCUT2D eigenvalue weighted by Crippen LogP contribution is -2.44. The van der Waals surface area contributed by atoms with E-state index in [4.69, 9.17) is 0 Å². The minimum absolute atomic E-state index is 0.0395. The number of nitrogens with one attached hydrogen (secondary N) is 1. The van der Waals surface area contributed by atoms with Crippen LogP contribution in [-0.2, 0) is 14.8 Å². The van der Waals surface area contributed by atoms with Crippen LogP contribution in [0.2, 0.25) is 0 Å². The van der Waals surface area contributed by atoms with Crippen molar-refractivity contribution in [1.29, 1.82) is 0 Å². The summed E-state index contributed by atoms with van der Waals surface area (Å²) in [6, 6.07) is 0.204. The van der Waals surface area contributed by atoms with Crippen LogP contribution in [0.5, 0.6) is 0 Å². The first kappa shape index (κ1) is 15.4. The predicted octanol–water partition coefficient (Wildman–Crippen LogP) is 0.963. The maximum absolute atomic E-state index is 12.0. The van der Waals surface area contributed by atoms with Crippen molar-refractivity contribution in [3.63, 3.8) is 0 Å². The average molecular weight is 276 g/mol. The highest BCUT2D eigenvalue weighted by atomic mass is 32.2. The molecule has 1 heterocycles. The number of sulfonamides is 1. The monoisotopic (exact) mass is 276 g/mol. The Morgan fingerprint density at radius 1 is 1.39 bits per heavy atom. The molecule has 1 aliphatic rings. The van der Waals surface area contributed by atoms with Gasteiger partial charge in [0.05, 0.1) is 6.26 Å². The van der Waals surface area contributed by atoms with Crippen molar-refractivity contribution < 1.29 is 13.2 Å². The van der Waals surface area contributed by atoms with Crippen LogP contribution >= 0.6 is 0 Å². The number of rotatable bonds is 5. The van der Waals surface area contributed by atoms with E-state index in [0.717, 1.165) is 12.8 Å². The van der Waals surface area contributed by atoms with Crippen molar-refractivity contribution in [2.24, 2.45) is 5.92 Å². The summed E-state index contributed by atoms with van der Waals surface area (Å²) in [5, 5.41) is 3.00. The molecule has 1 rings (SSSR count). The topological polar surface area (TPSA) is 66.5 Å². The fraction of sp³-hybridized carbons (Fsp3) is 0.917. The first-order valence-corrected chi connectivity index (χ1v) is 8.45. The molecule has 6 heteroatoms. The van der Waals surface area contributed by atoms with Gasteiger partial charge in [-0.2, -0.15) is 0 Å². The largest absolute Gasteiger partial charge is 0.353 e. The highest BCUT2D eigenvalue weighted by molar-refractivity contribution is 7.88. The fourth-order valence-corrected chi connectivity index (χ4v) is 3.19. The standard InChI is InChI=1S/C12H24N2O3S/c1-4-5-10(2)13-12(15)11-6-8-14(9-7-11)18(3,16)17/h10-11H,4-9H2,1-3H3,(H,13,15)/t10-/m0/s1. The number of amides is 1. The van der Waals surface area contributed by atoms with Crippen LogP contribution in [0, 0.1) is 5.92 Å².